The number of methoxy groups -OCH3 is 1. The zero-order chi connectivity index (χ0) is 17.9. The van der Waals surface area contributed by atoms with Crippen LogP contribution in [0, 0.1) is 0 Å². The summed E-state index contributed by atoms with van der Waals surface area (Å²) in [5, 5.41) is 17.8. The van der Waals surface area contributed by atoms with Crippen LogP contribution in [0.4, 0.5) is 0 Å². The number of hydrogen-bond donors (Lipinski definition) is 1. The van der Waals surface area contributed by atoms with Gasteiger partial charge in [-0.25, -0.2) is 9.48 Å². The van der Waals surface area contributed by atoms with Crippen LogP contribution >= 0.6 is 0 Å². The Labute approximate surface area is 144 Å². The van der Waals surface area contributed by atoms with E-state index < -0.39 is 11.6 Å². The molecule has 1 unspecified atom stereocenters. The van der Waals surface area contributed by atoms with Gasteiger partial charge < -0.3 is 14.6 Å². The fraction of sp³-hybridized carbons (Fsp3) is 0.235. The predicted octanol–water partition coefficient (Wildman–Crippen LogP) is 2.00. The van der Waals surface area contributed by atoms with Crippen LogP contribution in [0.2, 0.25) is 0 Å². The Bertz CT molecular complexity index is 842. The minimum absolute atomic E-state index is 0.0725. The second kappa shape index (κ2) is 6.68. The van der Waals surface area contributed by atoms with Gasteiger partial charge in [0, 0.05) is 12.4 Å². The molecule has 0 saturated heterocycles. The number of rotatable bonds is 7. The van der Waals surface area contributed by atoms with E-state index >= 15 is 0 Å². The third-order valence-corrected chi connectivity index (χ3v) is 3.71. The first-order valence-electron chi connectivity index (χ1n) is 7.59. The Hall–Kier alpha value is -3.29. The van der Waals surface area contributed by atoms with E-state index in [1.165, 1.54) is 17.8 Å². The van der Waals surface area contributed by atoms with Crippen molar-refractivity contribution in [1.82, 2.24) is 19.6 Å². The minimum atomic E-state index is -1.47. The van der Waals surface area contributed by atoms with E-state index in [1.807, 2.05) is 24.3 Å². The Morgan fingerprint density at radius 3 is 2.60 bits per heavy atom. The Balaban J connectivity index is 1.79. The fourth-order valence-electron chi connectivity index (χ4n) is 2.34. The van der Waals surface area contributed by atoms with Gasteiger partial charge in [0.2, 0.25) is 5.60 Å². The SMILES string of the molecule is COc1ccc(-n2cc(OC(C)(Cn3cccn3)C(=O)O)cn2)cc1. The molecule has 0 aliphatic carbocycles. The molecule has 0 amide bonds. The topological polar surface area (TPSA) is 91.4 Å². The summed E-state index contributed by atoms with van der Waals surface area (Å²) >= 11 is 0. The van der Waals surface area contributed by atoms with Crippen LogP contribution in [0.25, 0.3) is 5.69 Å². The van der Waals surface area contributed by atoms with Crippen molar-refractivity contribution in [2.24, 2.45) is 0 Å². The maximum Gasteiger partial charge on any atom is 0.349 e. The molecule has 8 nitrogen and oxygen atoms in total. The number of ether oxygens (including phenoxy) is 2. The predicted molar refractivity (Wildman–Crippen MR) is 89.0 cm³/mol. The molecule has 0 saturated carbocycles. The van der Waals surface area contributed by atoms with Crippen molar-refractivity contribution in [2.75, 3.05) is 7.11 Å². The summed E-state index contributed by atoms with van der Waals surface area (Å²) in [6.45, 7) is 1.57. The van der Waals surface area contributed by atoms with Crippen molar-refractivity contribution in [3.63, 3.8) is 0 Å². The van der Waals surface area contributed by atoms with Crippen LogP contribution in [0.1, 0.15) is 6.92 Å². The second-order valence-corrected chi connectivity index (χ2v) is 5.66. The summed E-state index contributed by atoms with van der Waals surface area (Å²) in [4.78, 5) is 11.7. The number of carboxylic acids is 1. The molecule has 1 N–H and O–H groups in total. The van der Waals surface area contributed by atoms with Crippen molar-refractivity contribution in [2.45, 2.75) is 19.1 Å². The zero-order valence-electron chi connectivity index (χ0n) is 13.9. The van der Waals surface area contributed by atoms with E-state index in [2.05, 4.69) is 10.2 Å². The van der Waals surface area contributed by atoms with Gasteiger partial charge in [-0.2, -0.15) is 10.2 Å². The van der Waals surface area contributed by atoms with Crippen LogP contribution in [0.15, 0.2) is 55.1 Å². The van der Waals surface area contributed by atoms with E-state index in [4.69, 9.17) is 9.47 Å². The molecular weight excluding hydrogens is 324 g/mol. The number of aliphatic carboxylic acids is 1. The van der Waals surface area contributed by atoms with Gasteiger partial charge in [0.1, 0.15) is 5.75 Å². The van der Waals surface area contributed by atoms with Crippen LogP contribution in [-0.2, 0) is 11.3 Å². The molecule has 1 aromatic carbocycles. The van der Waals surface area contributed by atoms with Crippen LogP contribution in [0.5, 0.6) is 11.5 Å². The van der Waals surface area contributed by atoms with Gasteiger partial charge in [0.05, 0.1) is 31.7 Å². The van der Waals surface area contributed by atoms with E-state index in [0.717, 1.165) is 11.4 Å². The molecule has 0 bridgehead atoms. The quantitative estimate of drug-likeness (QED) is 0.706. The highest BCUT2D eigenvalue weighted by Gasteiger charge is 2.37. The summed E-state index contributed by atoms with van der Waals surface area (Å²) in [7, 11) is 1.60. The Kier molecular flexibility index (Phi) is 4.42. The second-order valence-electron chi connectivity index (χ2n) is 5.66. The van der Waals surface area contributed by atoms with Crippen LogP contribution in [-0.4, -0.2) is 43.3 Å². The molecule has 3 aromatic rings. The monoisotopic (exact) mass is 342 g/mol. The maximum atomic E-state index is 11.7. The van der Waals surface area contributed by atoms with Gasteiger partial charge >= 0.3 is 5.97 Å². The van der Waals surface area contributed by atoms with E-state index in [1.54, 1.807) is 36.4 Å². The summed E-state index contributed by atoms with van der Waals surface area (Å²) < 4.78 is 14.0. The number of benzene rings is 1. The standard InChI is InChI=1S/C17H18N4O4/c1-17(16(22)23,12-20-9-3-8-18-20)25-15-10-19-21(11-15)13-4-6-14(24-2)7-5-13/h3-11H,12H2,1-2H3,(H,22,23). The third-order valence-electron chi connectivity index (χ3n) is 3.71. The molecular formula is C17H18N4O4. The highest BCUT2D eigenvalue weighted by molar-refractivity contribution is 5.77. The van der Waals surface area contributed by atoms with Crippen molar-refractivity contribution >= 4 is 5.97 Å². The number of aromatic nitrogens is 4. The average Bonchev–Trinajstić information content (AvgIpc) is 3.27. The van der Waals surface area contributed by atoms with Crippen LogP contribution < -0.4 is 9.47 Å². The summed E-state index contributed by atoms with van der Waals surface area (Å²) in [6, 6.07) is 9.04. The highest BCUT2D eigenvalue weighted by Crippen LogP contribution is 2.22. The van der Waals surface area contributed by atoms with Crippen LogP contribution in [0.3, 0.4) is 0 Å². The number of nitrogens with zero attached hydrogens (tertiary/aromatic N) is 4. The lowest BCUT2D eigenvalue weighted by Gasteiger charge is -2.25. The summed E-state index contributed by atoms with van der Waals surface area (Å²) in [5.74, 6) is 0.0122. The molecule has 0 fully saturated rings. The van der Waals surface area contributed by atoms with Crippen molar-refractivity contribution in [3.8, 4) is 17.2 Å². The maximum absolute atomic E-state index is 11.7. The first-order chi connectivity index (χ1) is 12.0. The lowest BCUT2D eigenvalue weighted by Crippen LogP contribution is -2.45. The Morgan fingerprint density at radius 2 is 2.00 bits per heavy atom. The van der Waals surface area contributed by atoms with Crippen molar-refractivity contribution in [3.05, 3.63) is 55.1 Å². The molecule has 2 aromatic heterocycles. The van der Waals surface area contributed by atoms with Gasteiger partial charge in [-0.15, -0.1) is 0 Å². The van der Waals surface area contributed by atoms with Gasteiger partial charge in [-0.05, 0) is 37.3 Å². The van der Waals surface area contributed by atoms with Crippen molar-refractivity contribution in [1.29, 1.82) is 0 Å². The first-order valence-corrected chi connectivity index (χ1v) is 7.59. The summed E-state index contributed by atoms with van der Waals surface area (Å²) in [6.07, 6.45) is 6.38. The van der Waals surface area contributed by atoms with Gasteiger partial charge in [0.25, 0.3) is 0 Å². The van der Waals surface area contributed by atoms with Gasteiger partial charge in [-0.1, -0.05) is 0 Å². The molecule has 0 aliphatic rings. The number of hydrogen-bond acceptors (Lipinski definition) is 5. The fourth-order valence-corrected chi connectivity index (χ4v) is 2.34. The molecule has 25 heavy (non-hydrogen) atoms. The number of carboxylic acid groups (broad SMARTS) is 1. The van der Waals surface area contributed by atoms with Gasteiger partial charge in [-0.3, -0.25) is 4.68 Å². The third kappa shape index (κ3) is 3.63. The molecule has 3 rings (SSSR count). The molecule has 0 radical (unpaired) electrons. The smallest absolute Gasteiger partial charge is 0.349 e. The molecule has 0 spiro atoms. The average molecular weight is 342 g/mol. The lowest BCUT2D eigenvalue weighted by molar-refractivity contribution is -0.155. The van der Waals surface area contributed by atoms with E-state index in [0.29, 0.717) is 5.75 Å². The minimum Gasteiger partial charge on any atom is -0.497 e. The normalized spacial score (nSPS) is 13.2. The summed E-state index contributed by atoms with van der Waals surface area (Å²) in [5.41, 5.74) is -0.667. The highest BCUT2D eigenvalue weighted by atomic mass is 16.5. The molecule has 130 valence electrons. The molecule has 8 heteroatoms. The van der Waals surface area contributed by atoms with Gasteiger partial charge in [0.15, 0.2) is 5.75 Å². The van der Waals surface area contributed by atoms with Crippen molar-refractivity contribution < 1.29 is 19.4 Å². The number of carbonyl (C=O) groups is 1. The molecule has 1 atom stereocenters. The first kappa shape index (κ1) is 16.6. The van der Waals surface area contributed by atoms with E-state index in [9.17, 15) is 9.90 Å². The Morgan fingerprint density at radius 1 is 1.24 bits per heavy atom. The molecule has 2 heterocycles. The molecule has 0 aliphatic heterocycles. The van der Waals surface area contributed by atoms with E-state index in [-0.39, 0.29) is 6.54 Å². The zero-order valence-corrected chi connectivity index (χ0v) is 13.9. The lowest BCUT2D eigenvalue weighted by atomic mass is 10.1. The largest absolute Gasteiger partial charge is 0.497 e.